The number of hydrogen-bond acceptors (Lipinski definition) is 2. The zero-order valence-electron chi connectivity index (χ0n) is 14.1. The van der Waals surface area contributed by atoms with Gasteiger partial charge in [0.1, 0.15) is 0 Å². The van der Waals surface area contributed by atoms with Crippen molar-refractivity contribution in [1.29, 1.82) is 0 Å². The van der Waals surface area contributed by atoms with E-state index >= 15 is 0 Å². The first-order valence-corrected chi connectivity index (χ1v) is 8.48. The smallest absolute Gasteiger partial charge is 0.321 e. The fourth-order valence-corrected chi connectivity index (χ4v) is 3.45. The number of benzene rings is 2. The van der Waals surface area contributed by atoms with E-state index in [4.69, 9.17) is 0 Å². The monoisotopic (exact) mass is 372 g/mol. The number of aromatic nitrogens is 1. The number of nitrogens with zero attached hydrogens (tertiary/aromatic N) is 1. The van der Waals surface area contributed by atoms with E-state index in [1.807, 2.05) is 0 Å². The predicted molar refractivity (Wildman–Crippen MR) is 96.6 cm³/mol. The molecule has 1 aromatic heterocycles. The minimum absolute atomic E-state index is 0.00139. The van der Waals surface area contributed by atoms with E-state index in [-0.39, 0.29) is 17.2 Å². The highest BCUT2D eigenvalue weighted by atomic mass is 19.4. The van der Waals surface area contributed by atoms with Crippen LogP contribution in [-0.4, -0.2) is 17.4 Å². The number of H-pyrrole nitrogens is 1. The number of rotatable bonds is 2. The Bertz CT molecular complexity index is 1100. The third-order valence-electron chi connectivity index (χ3n) is 4.74. The maximum atomic E-state index is 13.3. The molecule has 1 fully saturated rings. The second-order valence-electron chi connectivity index (χ2n) is 6.48. The maximum absolute atomic E-state index is 13.3. The van der Waals surface area contributed by atoms with Crippen LogP contribution in [0, 0.1) is 0 Å². The van der Waals surface area contributed by atoms with Crippen LogP contribution in [0.1, 0.15) is 18.4 Å². The van der Waals surface area contributed by atoms with E-state index in [1.54, 1.807) is 23.1 Å². The molecule has 1 aliphatic rings. The molecule has 1 aliphatic heterocycles. The summed E-state index contributed by atoms with van der Waals surface area (Å²) >= 11 is 0. The minimum Gasteiger partial charge on any atom is -0.321 e. The molecular formula is C20H15F3N2O2. The molecule has 0 aliphatic carbocycles. The summed E-state index contributed by atoms with van der Waals surface area (Å²) < 4.78 is 39.8. The van der Waals surface area contributed by atoms with Gasteiger partial charge in [-0.25, -0.2) is 0 Å². The molecule has 1 N–H and O–H groups in total. The van der Waals surface area contributed by atoms with Gasteiger partial charge in [-0.3, -0.25) is 9.59 Å². The van der Waals surface area contributed by atoms with E-state index in [1.165, 1.54) is 24.3 Å². The molecule has 0 spiro atoms. The number of hydrogen-bond donors (Lipinski definition) is 1. The zero-order valence-corrected chi connectivity index (χ0v) is 14.1. The van der Waals surface area contributed by atoms with Gasteiger partial charge in [0, 0.05) is 35.3 Å². The van der Waals surface area contributed by atoms with E-state index in [2.05, 4.69) is 4.98 Å². The Kier molecular flexibility index (Phi) is 4.02. The lowest BCUT2D eigenvalue weighted by Crippen LogP contribution is -2.23. The number of halogens is 3. The first kappa shape index (κ1) is 17.3. The SMILES string of the molecule is O=C1CCCN1c1ccc2cc(-c3ccccc3C(F)(F)F)[nH]c(=O)c2c1. The van der Waals surface area contributed by atoms with Crippen LogP contribution in [0.2, 0.25) is 0 Å². The van der Waals surface area contributed by atoms with E-state index in [9.17, 15) is 22.8 Å². The summed E-state index contributed by atoms with van der Waals surface area (Å²) in [7, 11) is 0. The molecule has 0 unspecified atom stereocenters. The van der Waals surface area contributed by atoms with Gasteiger partial charge in [-0.05, 0) is 36.1 Å². The van der Waals surface area contributed by atoms with Crippen LogP contribution >= 0.6 is 0 Å². The third kappa shape index (κ3) is 3.09. The molecule has 2 aromatic carbocycles. The summed E-state index contributed by atoms with van der Waals surface area (Å²) in [5.41, 5.74) is -0.653. The van der Waals surface area contributed by atoms with Gasteiger partial charge in [-0.1, -0.05) is 24.3 Å². The predicted octanol–water partition coefficient (Wildman–Crippen LogP) is 4.34. The van der Waals surface area contributed by atoms with E-state index < -0.39 is 17.3 Å². The van der Waals surface area contributed by atoms with Crippen molar-refractivity contribution in [1.82, 2.24) is 4.98 Å². The first-order chi connectivity index (χ1) is 12.8. The van der Waals surface area contributed by atoms with Crippen LogP contribution in [0.25, 0.3) is 22.0 Å². The number of amides is 1. The molecule has 138 valence electrons. The zero-order chi connectivity index (χ0) is 19.2. The number of pyridine rings is 1. The lowest BCUT2D eigenvalue weighted by Gasteiger charge is -2.16. The fourth-order valence-electron chi connectivity index (χ4n) is 3.45. The normalized spacial score (nSPS) is 14.9. The van der Waals surface area contributed by atoms with Crippen LogP contribution < -0.4 is 10.5 Å². The quantitative estimate of drug-likeness (QED) is 0.728. The fraction of sp³-hybridized carbons (Fsp3) is 0.200. The highest BCUT2D eigenvalue weighted by molar-refractivity contribution is 5.98. The second-order valence-corrected chi connectivity index (χ2v) is 6.48. The molecule has 0 radical (unpaired) electrons. The van der Waals surface area contributed by atoms with Crippen molar-refractivity contribution in [2.24, 2.45) is 0 Å². The average Bonchev–Trinajstić information content (AvgIpc) is 3.07. The van der Waals surface area contributed by atoms with Crippen LogP contribution in [0.15, 0.2) is 53.3 Å². The number of aromatic amines is 1. The Morgan fingerprint density at radius 1 is 1.00 bits per heavy atom. The molecule has 0 atom stereocenters. The van der Waals surface area contributed by atoms with Gasteiger partial charge in [0.05, 0.1) is 5.56 Å². The van der Waals surface area contributed by atoms with Crippen molar-refractivity contribution in [3.8, 4) is 11.3 Å². The van der Waals surface area contributed by atoms with Gasteiger partial charge in [0.25, 0.3) is 5.56 Å². The highest BCUT2D eigenvalue weighted by Gasteiger charge is 2.33. The molecule has 7 heteroatoms. The molecule has 1 saturated heterocycles. The topological polar surface area (TPSA) is 53.2 Å². The molecule has 0 saturated carbocycles. The van der Waals surface area contributed by atoms with Gasteiger partial charge in [0.15, 0.2) is 0 Å². The average molecular weight is 372 g/mol. The molecule has 0 bridgehead atoms. The van der Waals surface area contributed by atoms with Crippen molar-refractivity contribution >= 4 is 22.4 Å². The van der Waals surface area contributed by atoms with Gasteiger partial charge in [-0.15, -0.1) is 0 Å². The summed E-state index contributed by atoms with van der Waals surface area (Å²) in [6, 6.07) is 11.6. The van der Waals surface area contributed by atoms with Crippen molar-refractivity contribution in [2.75, 3.05) is 11.4 Å². The van der Waals surface area contributed by atoms with Crippen molar-refractivity contribution in [3.63, 3.8) is 0 Å². The van der Waals surface area contributed by atoms with Gasteiger partial charge >= 0.3 is 6.18 Å². The van der Waals surface area contributed by atoms with Crippen molar-refractivity contribution in [3.05, 3.63) is 64.4 Å². The summed E-state index contributed by atoms with van der Waals surface area (Å²) in [6.07, 6.45) is -3.29. The molecule has 2 heterocycles. The van der Waals surface area contributed by atoms with Crippen molar-refractivity contribution in [2.45, 2.75) is 19.0 Å². The lowest BCUT2D eigenvalue weighted by atomic mass is 10.0. The Balaban J connectivity index is 1.85. The van der Waals surface area contributed by atoms with E-state index in [0.29, 0.717) is 29.4 Å². The molecular weight excluding hydrogens is 357 g/mol. The summed E-state index contributed by atoms with van der Waals surface area (Å²) in [4.78, 5) is 28.6. The van der Waals surface area contributed by atoms with Gasteiger partial charge in [-0.2, -0.15) is 13.2 Å². The lowest BCUT2D eigenvalue weighted by molar-refractivity contribution is -0.137. The Morgan fingerprint density at radius 2 is 1.78 bits per heavy atom. The summed E-state index contributed by atoms with van der Waals surface area (Å²) in [6.45, 7) is 0.597. The Morgan fingerprint density at radius 3 is 2.48 bits per heavy atom. The summed E-state index contributed by atoms with van der Waals surface area (Å²) in [5, 5.41) is 0.849. The number of alkyl halides is 3. The van der Waals surface area contributed by atoms with Crippen LogP contribution in [-0.2, 0) is 11.0 Å². The molecule has 4 rings (SSSR count). The molecule has 27 heavy (non-hydrogen) atoms. The summed E-state index contributed by atoms with van der Waals surface area (Å²) in [5.74, 6) is 0.00139. The number of carbonyl (C=O) groups is 1. The number of carbonyl (C=O) groups excluding carboxylic acids is 1. The van der Waals surface area contributed by atoms with Gasteiger partial charge in [0.2, 0.25) is 5.91 Å². The second kappa shape index (κ2) is 6.26. The Labute approximate surface area is 152 Å². The first-order valence-electron chi connectivity index (χ1n) is 8.48. The largest absolute Gasteiger partial charge is 0.417 e. The number of anilines is 1. The molecule has 3 aromatic rings. The number of nitrogens with one attached hydrogen (secondary N) is 1. The third-order valence-corrected chi connectivity index (χ3v) is 4.74. The standard InChI is InChI=1S/C20H15F3N2O2/c21-20(22,23)16-5-2-1-4-14(16)17-10-12-7-8-13(11-15(12)19(27)24-17)25-9-3-6-18(25)26/h1-2,4-5,7-8,10-11H,3,6,9H2,(H,24,27). The van der Waals surface area contributed by atoms with E-state index in [0.717, 1.165) is 12.5 Å². The highest BCUT2D eigenvalue weighted by Crippen LogP contribution is 2.36. The Hall–Kier alpha value is -3.09. The number of fused-ring (bicyclic) bond motifs is 1. The van der Waals surface area contributed by atoms with Crippen molar-refractivity contribution < 1.29 is 18.0 Å². The van der Waals surface area contributed by atoms with Gasteiger partial charge < -0.3 is 9.88 Å². The molecule has 4 nitrogen and oxygen atoms in total. The van der Waals surface area contributed by atoms with Crippen LogP contribution in [0.4, 0.5) is 18.9 Å². The van der Waals surface area contributed by atoms with Crippen LogP contribution in [0.5, 0.6) is 0 Å². The molecule has 1 amide bonds. The maximum Gasteiger partial charge on any atom is 0.417 e. The van der Waals surface area contributed by atoms with Crippen LogP contribution in [0.3, 0.4) is 0 Å². The minimum atomic E-state index is -4.53.